The van der Waals surface area contributed by atoms with E-state index < -0.39 is 15.7 Å². The van der Waals surface area contributed by atoms with Crippen LogP contribution in [0.15, 0.2) is 69.7 Å². The zero-order valence-corrected chi connectivity index (χ0v) is 18.5. The molecule has 0 saturated heterocycles. The Balaban J connectivity index is 1.69. The van der Waals surface area contributed by atoms with Crippen molar-refractivity contribution in [1.29, 1.82) is 0 Å². The van der Waals surface area contributed by atoms with Gasteiger partial charge in [-0.3, -0.25) is 4.79 Å². The number of carbonyl (C=O) groups is 1. The molecule has 2 aromatic carbocycles. The highest BCUT2D eigenvalue weighted by atomic mass is 32.2. The maximum atomic E-state index is 13.2. The van der Waals surface area contributed by atoms with E-state index >= 15 is 0 Å². The number of nitrogens with one attached hydrogen (secondary N) is 1. The second-order valence-electron chi connectivity index (χ2n) is 6.98. The number of hydrogen-bond acceptors (Lipinski definition) is 7. The molecule has 1 heterocycles. The van der Waals surface area contributed by atoms with Gasteiger partial charge in [0.05, 0.1) is 16.8 Å². The number of anilines is 2. The number of hydrogen-bond donors (Lipinski definition) is 2. The van der Waals surface area contributed by atoms with Crippen molar-refractivity contribution in [3.05, 3.63) is 66.1 Å². The molecule has 0 aliphatic carbocycles. The number of nitrogens with two attached hydrogens (primary N) is 1. The van der Waals surface area contributed by atoms with Crippen LogP contribution in [0.4, 0.5) is 15.9 Å². The maximum Gasteiger partial charge on any atom is 0.234 e. The number of benzene rings is 2. The molecular formula is C21H21FN4O3S2. The molecule has 0 saturated carbocycles. The molecule has 0 spiro atoms. The predicted octanol–water partition coefficient (Wildman–Crippen LogP) is 3.88. The van der Waals surface area contributed by atoms with Gasteiger partial charge < -0.3 is 11.1 Å². The topological polar surface area (TPSA) is 115 Å². The van der Waals surface area contributed by atoms with Crippen LogP contribution >= 0.6 is 11.8 Å². The Labute approximate surface area is 184 Å². The molecule has 31 heavy (non-hydrogen) atoms. The Hall–Kier alpha value is -2.98. The molecule has 0 fully saturated rings. The average molecular weight is 461 g/mol. The van der Waals surface area contributed by atoms with Crippen LogP contribution in [0.2, 0.25) is 0 Å². The second kappa shape index (κ2) is 9.44. The number of carbonyl (C=O) groups excluding carboxylic acids is 1. The van der Waals surface area contributed by atoms with Crippen molar-refractivity contribution in [3.63, 3.8) is 0 Å². The van der Waals surface area contributed by atoms with E-state index in [1.165, 1.54) is 30.3 Å². The summed E-state index contributed by atoms with van der Waals surface area (Å²) in [6.07, 6.45) is 1.14. The number of aromatic nitrogens is 2. The number of amides is 1. The largest absolute Gasteiger partial charge is 0.382 e. The van der Waals surface area contributed by atoms with E-state index in [1.807, 2.05) is 13.8 Å². The summed E-state index contributed by atoms with van der Waals surface area (Å²) in [5, 5.41) is 2.71. The molecule has 0 aliphatic rings. The SMILES string of the molecule is CC(C)c1ccc(S(=O)(=O)c2cnc(SCC(=O)Nc3cccc(F)c3)nc2N)cc1. The third-order valence-electron chi connectivity index (χ3n) is 4.35. The van der Waals surface area contributed by atoms with Gasteiger partial charge in [-0.25, -0.2) is 22.8 Å². The molecule has 0 aliphatic heterocycles. The molecule has 1 aromatic heterocycles. The summed E-state index contributed by atoms with van der Waals surface area (Å²) in [6.45, 7) is 4.04. The van der Waals surface area contributed by atoms with Gasteiger partial charge in [-0.1, -0.05) is 43.8 Å². The number of halogens is 1. The lowest BCUT2D eigenvalue weighted by molar-refractivity contribution is -0.113. The molecule has 0 atom stereocenters. The van der Waals surface area contributed by atoms with Gasteiger partial charge in [0.2, 0.25) is 15.7 Å². The monoisotopic (exact) mass is 460 g/mol. The van der Waals surface area contributed by atoms with Gasteiger partial charge >= 0.3 is 0 Å². The quantitative estimate of drug-likeness (QED) is 0.406. The Kier molecular flexibility index (Phi) is 6.91. The van der Waals surface area contributed by atoms with Crippen LogP contribution in [0.25, 0.3) is 0 Å². The molecule has 3 rings (SSSR count). The zero-order valence-electron chi connectivity index (χ0n) is 16.9. The fraction of sp³-hybridized carbons (Fsp3) is 0.190. The summed E-state index contributed by atoms with van der Waals surface area (Å²) in [7, 11) is -3.88. The Morgan fingerprint density at radius 3 is 2.52 bits per heavy atom. The van der Waals surface area contributed by atoms with Crippen molar-refractivity contribution in [2.24, 2.45) is 0 Å². The highest BCUT2D eigenvalue weighted by molar-refractivity contribution is 7.99. The fourth-order valence-corrected chi connectivity index (χ4v) is 4.58. The van der Waals surface area contributed by atoms with Crippen molar-refractivity contribution in [2.45, 2.75) is 34.7 Å². The first kappa shape index (κ1) is 22.7. The van der Waals surface area contributed by atoms with E-state index in [0.29, 0.717) is 5.69 Å². The first-order valence-electron chi connectivity index (χ1n) is 9.32. The Morgan fingerprint density at radius 2 is 1.90 bits per heavy atom. The summed E-state index contributed by atoms with van der Waals surface area (Å²) >= 11 is 0.984. The molecule has 0 unspecified atom stereocenters. The van der Waals surface area contributed by atoms with Crippen molar-refractivity contribution in [3.8, 4) is 0 Å². The van der Waals surface area contributed by atoms with Gasteiger partial charge in [0.15, 0.2) is 5.16 Å². The fourth-order valence-electron chi connectivity index (χ4n) is 2.70. The molecule has 1 amide bonds. The molecule has 3 aromatic rings. The highest BCUT2D eigenvalue weighted by Gasteiger charge is 2.23. The number of rotatable bonds is 7. The van der Waals surface area contributed by atoms with Gasteiger partial charge in [-0.05, 0) is 41.8 Å². The van der Waals surface area contributed by atoms with Gasteiger partial charge in [0, 0.05) is 5.69 Å². The van der Waals surface area contributed by atoms with Crippen LogP contribution in [0.5, 0.6) is 0 Å². The molecule has 162 valence electrons. The van der Waals surface area contributed by atoms with Crippen LogP contribution in [0, 0.1) is 5.82 Å². The van der Waals surface area contributed by atoms with Crippen LogP contribution < -0.4 is 11.1 Å². The smallest absolute Gasteiger partial charge is 0.234 e. The van der Waals surface area contributed by atoms with Crippen molar-refractivity contribution < 1.29 is 17.6 Å². The van der Waals surface area contributed by atoms with E-state index in [1.54, 1.807) is 18.2 Å². The summed E-state index contributed by atoms with van der Waals surface area (Å²) in [5.41, 5.74) is 7.23. The number of nitrogen functional groups attached to an aromatic ring is 1. The number of nitrogens with zero attached hydrogens (tertiary/aromatic N) is 2. The van der Waals surface area contributed by atoms with Crippen molar-refractivity contribution >= 4 is 39.0 Å². The van der Waals surface area contributed by atoms with Crippen LogP contribution in [0.1, 0.15) is 25.3 Å². The molecular weight excluding hydrogens is 439 g/mol. The van der Waals surface area contributed by atoms with Gasteiger partial charge in [0.1, 0.15) is 16.5 Å². The lowest BCUT2D eigenvalue weighted by atomic mass is 10.0. The predicted molar refractivity (Wildman–Crippen MR) is 118 cm³/mol. The third kappa shape index (κ3) is 5.59. The van der Waals surface area contributed by atoms with E-state index in [9.17, 15) is 17.6 Å². The second-order valence-corrected chi connectivity index (χ2v) is 9.84. The minimum Gasteiger partial charge on any atom is -0.382 e. The number of thioether (sulfide) groups is 1. The van der Waals surface area contributed by atoms with Crippen molar-refractivity contribution in [1.82, 2.24) is 9.97 Å². The van der Waals surface area contributed by atoms with Gasteiger partial charge in [0.25, 0.3) is 0 Å². The lowest BCUT2D eigenvalue weighted by Crippen LogP contribution is -2.15. The first-order valence-corrected chi connectivity index (χ1v) is 11.8. The minimum atomic E-state index is -3.88. The van der Waals surface area contributed by atoms with E-state index in [4.69, 9.17) is 5.73 Å². The molecule has 10 heteroatoms. The normalized spacial score (nSPS) is 11.5. The standard InChI is InChI=1S/C21H21FN4O3S2/c1-13(2)14-6-8-17(9-7-14)31(28,29)18-11-24-21(26-20(18)23)30-12-19(27)25-16-5-3-4-15(22)10-16/h3-11,13H,12H2,1-2H3,(H,25,27)(H2,23,24,26). The third-order valence-corrected chi connectivity index (χ3v) is 7.00. The highest BCUT2D eigenvalue weighted by Crippen LogP contribution is 2.27. The van der Waals surface area contributed by atoms with Crippen LogP contribution in [-0.4, -0.2) is 30.0 Å². The van der Waals surface area contributed by atoms with Gasteiger partial charge in [-0.2, -0.15) is 0 Å². The summed E-state index contributed by atoms with van der Waals surface area (Å²) in [6, 6.07) is 12.1. The van der Waals surface area contributed by atoms with Crippen LogP contribution in [0.3, 0.4) is 0 Å². The molecule has 3 N–H and O–H groups in total. The molecule has 0 bridgehead atoms. The van der Waals surface area contributed by atoms with Crippen LogP contribution in [-0.2, 0) is 14.6 Å². The summed E-state index contributed by atoms with van der Waals surface area (Å²) in [5.74, 6) is -0.828. The molecule has 7 nitrogen and oxygen atoms in total. The maximum absolute atomic E-state index is 13.2. The van der Waals surface area contributed by atoms with E-state index in [-0.39, 0.29) is 38.3 Å². The molecule has 0 radical (unpaired) electrons. The Bertz CT molecular complexity index is 1200. The first-order chi connectivity index (χ1) is 14.7. The number of sulfone groups is 1. The zero-order chi connectivity index (χ0) is 22.6. The van der Waals surface area contributed by atoms with E-state index in [0.717, 1.165) is 23.5 Å². The lowest BCUT2D eigenvalue weighted by Gasteiger charge is -2.10. The summed E-state index contributed by atoms with van der Waals surface area (Å²) < 4.78 is 38.9. The summed E-state index contributed by atoms with van der Waals surface area (Å²) in [4.78, 5) is 20.0. The van der Waals surface area contributed by atoms with Crippen molar-refractivity contribution in [2.75, 3.05) is 16.8 Å². The Morgan fingerprint density at radius 1 is 1.19 bits per heavy atom. The van der Waals surface area contributed by atoms with E-state index in [2.05, 4.69) is 15.3 Å². The van der Waals surface area contributed by atoms with Gasteiger partial charge in [-0.15, -0.1) is 0 Å². The average Bonchev–Trinajstić information content (AvgIpc) is 2.72. The minimum absolute atomic E-state index is 0.0568.